The Morgan fingerprint density at radius 3 is 2.22 bits per heavy atom. The Bertz CT molecular complexity index is 1240. The summed E-state index contributed by atoms with van der Waals surface area (Å²) in [6, 6.07) is 9.92. The highest BCUT2D eigenvalue weighted by molar-refractivity contribution is 5.93. The molecule has 1 heterocycles. The molecule has 3 aromatic rings. The fraction of sp³-hybridized carbons (Fsp3) is 0.280. The van der Waals surface area contributed by atoms with Crippen molar-refractivity contribution in [2.24, 2.45) is 5.73 Å². The molecule has 8 N–H and O–H groups in total. The fourth-order valence-electron chi connectivity index (χ4n) is 3.78. The molecule has 0 aliphatic carbocycles. The minimum Gasteiger partial charge on any atom is -0.508 e. The molecule has 0 aliphatic heterocycles. The summed E-state index contributed by atoms with van der Waals surface area (Å²) in [5.41, 5.74) is 8.30. The number of nitrogens with one attached hydrogen (secondary N) is 3. The number of aliphatic carboxylic acids is 2. The maximum Gasteiger partial charge on any atom is 0.326 e. The molecule has 0 spiro atoms. The molecule has 2 aromatic carbocycles. The largest absolute Gasteiger partial charge is 0.508 e. The van der Waals surface area contributed by atoms with Gasteiger partial charge in [0.05, 0.1) is 6.04 Å². The van der Waals surface area contributed by atoms with Gasteiger partial charge in [0.2, 0.25) is 11.8 Å². The van der Waals surface area contributed by atoms with Gasteiger partial charge in [0, 0.05) is 29.9 Å². The molecule has 0 saturated carbocycles. The van der Waals surface area contributed by atoms with Crippen LogP contribution in [0.2, 0.25) is 0 Å². The van der Waals surface area contributed by atoms with Crippen LogP contribution in [0.4, 0.5) is 0 Å². The Morgan fingerprint density at radius 1 is 0.889 bits per heavy atom. The first-order valence-electron chi connectivity index (χ1n) is 11.3. The third kappa shape index (κ3) is 7.06. The molecular formula is C25H28N4O7. The van der Waals surface area contributed by atoms with Crippen LogP contribution in [0.5, 0.6) is 5.75 Å². The van der Waals surface area contributed by atoms with Crippen molar-refractivity contribution in [1.29, 1.82) is 0 Å². The molecule has 3 rings (SSSR count). The Morgan fingerprint density at radius 2 is 1.56 bits per heavy atom. The summed E-state index contributed by atoms with van der Waals surface area (Å²) in [6.45, 7) is 0. The summed E-state index contributed by atoms with van der Waals surface area (Å²) in [7, 11) is 0. The summed E-state index contributed by atoms with van der Waals surface area (Å²) < 4.78 is 0. The van der Waals surface area contributed by atoms with E-state index in [4.69, 9.17) is 10.8 Å². The van der Waals surface area contributed by atoms with E-state index in [0.717, 1.165) is 16.5 Å². The molecule has 0 fully saturated rings. The molecule has 0 bridgehead atoms. The van der Waals surface area contributed by atoms with Crippen molar-refractivity contribution in [3.63, 3.8) is 0 Å². The van der Waals surface area contributed by atoms with Crippen LogP contribution in [0.15, 0.2) is 54.7 Å². The number of aromatic nitrogens is 1. The average molecular weight is 497 g/mol. The molecule has 11 nitrogen and oxygen atoms in total. The zero-order valence-corrected chi connectivity index (χ0v) is 19.3. The zero-order valence-electron chi connectivity index (χ0n) is 19.3. The molecule has 0 saturated heterocycles. The number of rotatable bonds is 12. The number of H-pyrrole nitrogens is 1. The van der Waals surface area contributed by atoms with Gasteiger partial charge in [-0.3, -0.25) is 14.4 Å². The van der Waals surface area contributed by atoms with E-state index in [0.29, 0.717) is 5.56 Å². The fourth-order valence-corrected chi connectivity index (χ4v) is 3.78. The zero-order chi connectivity index (χ0) is 26.2. The molecule has 190 valence electrons. The number of carboxylic acids is 2. The molecule has 11 heteroatoms. The van der Waals surface area contributed by atoms with Crippen LogP contribution < -0.4 is 16.4 Å². The van der Waals surface area contributed by atoms with E-state index in [1.165, 1.54) is 12.1 Å². The third-order valence-corrected chi connectivity index (χ3v) is 5.72. The molecular weight excluding hydrogens is 468 g/mol. The van der Waals surface area contributed by atoms with Crippen molar-refractivity contribution in [1.82, 2.24) is 15.6 Å². The number of carbonyl (C=O) groups excluding carboxylic acids is 2. The van der Waals surface area contributed by atoms with Crippen LogP contribution in [0.3, 0.4) is 0 Å². The minimum absolute atomic E-state index is 0.0405. The van der Waals surface area contributed by atoms with Crippen molar-refractivity contribution in [3.8, 4) is 5.75 Å². The number of para-hydroxylation sites is 1. The van der Waals surface area contributed by atoms with Gasteiger partial charge in [-0.05, 0) is 42.2 Å². The summed E-state index contributed by atoms with van der Waals surface area (Å²) in [6.07, 6.45) is 1.12. The maximum absolute atomic E-state index is 13.1. The number of nitrogens with two attached hydrogens (primary N) is 1. The van der Waals surface area contributed by atoms with Gasteiger partial charge in [-0.15, -0.1) is 0 Å². The van der Waals surface area contributed by atoms with E-state index in [1.54, 1.807) is 18.3 Å². The van der Waals surface area contributed by atoms with Crippen LogP contribution >= 0.6 is 0 Å². The van der Waals surface area contributed by atoms with Gasteiger partial charge >= 0.3 is 11.9 Å². The molecule has 1 aromatic heterocycles. The van der Waals surface area contributed by atoms with E-state index in [2.05, 4.69) is 15.6 Å². The molecule has 2 amide bonds. The lowest BCUT2D eigenvalue weighted by Crippen LogP contribution is -2.55. The lowest BCUT2D eigenvalue weighted by Gasteiger charge is -2.23. The lowest BCUT2D eigenvalue weighted by molar-refractivity contribution is -0.143. The van der Waals surface area contributed by atoms with Crippen LogP contribution in [0, 0.1) is 0 Å². The Labute approximate surface area is 206 Å². The third-order valence-electron chi connectivity index (χ3n) is 5.72. The van der Waals surface area contributed by atoms with Crippen LogP contribution in [-0.2, 0) is 32.0 Å². The van der Waals surface area contributed by atoms with Crippen LogP contribution in [0.25, 0.3) is 10.9 Å². The number of aromatic hydroxyl groups is 1. The lowest BCUT2D eigenvalue weighted by atomic mass is 10.0. The van der Waals surface area contributed by atoms with E-state index >= 15 is 0 Å². The monoisotopic (exact) mass is 496 g/mol. The second kappa shape index (κ2) is 11.8. The first-order chi connectivity index (χ1) is 17.1. The van der Waals surface area contributed by atoms with Crippen LogP contribution in [-0.4, -0.2) is 62.2 Å². The van der Waals surface area contributed by atoms with Gasteiger partial charge in [0.15, 0.2) is 0 Å². The quantitative estimate of drug-likeness (QED) is 0.192. The summed E-state index contributed by atoms with van der Waals surface area (Å²) in [4.78, 5) is 51.5. The number of carbonyl (C=O) groups is 4. The van der Waals surface area contributed by atoms with E-state index in [9.17, 15) is 29.4 Å². The van der Waals surface area contributed by atoms with Crippen molar-refractivity contribution >= 4 is 34.7 Å². The topological polar surface area (TPSA) is 195 Å². The predicted molar refractivity (Wildman–Crippen MR) is 130 cm³/mol. The number of phenols is 1. The van der Waals surface area contributed by atoms with Gasteiger partial charge in [-0.1, -0.05) is 30.3 Å². The predicted octanol–water partition coefficient (Wildman–Crippen LogP) is 0.905. The van der Waals surface area contributed by atoms with Gasteiger partial charge in [0.25, 0.3) is 0 Å². The summed E-state index contributed by atoms with van der Waals surface area (Å²) in [5.74, 6) is -3.91. The minimum atomic E-state index is -1.44. The van der Waals surface area contributed by atoms with Crippen molar-refractivity contribution in [2.45, 2.75) is 43.8 Å². The number of aromatic amines is 1. The molecule has 3 atom stereocenters. The molecule has 36 heavy (non-hydrogen) atoms. The standard InChI is InChI=1S/C25H28N4O7/c26-18(11-14-5-7-16(30)8-6-14)23(33)29-21(12-15-13-27-19-4-2-1-3-17(15)19)24(34)28-20(25(35)36)9-10-22(31)32/h1-8,13,18,20-21,27,30H,9-12,26H2,(H,28,34)(H,29,33)(H,31,32)(H,35,36)/t18-,20-,21-/m0/s1. The second-order valence-corrected chi connectivity index (χ2v) is 8.43. The van der Waals surface area contributed by atoms with Crippen molar-refractivity contribution < 1.29 is 34.5 Å². The van der Waals surface area contributed by atoms with Gasteiger partial charge in [-0.2, -0.15) is 0 Å². The second-order valence-electron chi connectivity index (χ2n) is 8.43. The molecule has 0 radical (unpaired) electrons. The molecule has 0 unspecified atom stereocenters. The van der Waals surface area contributed by atoms with Gasteiger partial charge in [-0.25, -0.2) is 4.79 Å². The Kier molecular flexibility index (Phi) is 8.63. The number of carboxylic acid groups (broad SMARTS) is 2. The Balaban J connectivity index is 1.78. The highest BCUT2D eigenvalue weighted by atomic mass is 16.4. The number of fused-ring (bicyclic) bond motifs is 1. The average Bonchev–Trinajstić information content (AvgIpc) is 3.25. The first kappa shape index (κ1) is 26.2. The normalized spacial score (nSPS) is 13.5. The summed E-state index contributed by atoms with van der Waals surface area (Å²) in [5, 5.41) is 33.5. The highest BCUT2D eigenvalue weighted by Crippen LogP contribution is 2.19. The first-order valence-corrected chi connectivity index (χ1v) is 11.3. The number of phenolic OH excluding ortho intramolecular Hbond substituents is 1. The maximum atomic E-state index is 13.1. The number of hydrogen-bond donors (Lipinski definition) is 7. The molecule has 0 aliphatic rings. The van der Waals surface area contributed by atoms with Crippen LogP contribution in [0.1, 0.15) is 24.0 Å². The number of hydrogen-bond acceptors (Lipinski definition) is 6. The van der Waals surface area contributed by atoms with Crippen molar-refractivity contribution in [2.75, 3.05) is 0 Å². The summed E-state index contributed by atoms with van der Waals surface area (Å²) >= 11 is 0. The van der Waals surface area contributed by atoms with Gasteiger partial charge < -0.3 is 36.7 Å². The SMILES string of the molecule is N[C@@H](Cc1ccc(O)cc1)C(=O)N[C@@H](Cc1c[nH]c2ccccc12)C(=O)N[C@@H](CCC(=O)O)C(=O)O. The number of benzene rings is 2. The number of amides is 2. The smallest absolute Gasteiger partial charge is 0.326 e. The van der Waals surface area contributed by atoms with E-state index < -0.39 is 48.3 Å². The van der Waals surface area contributed by atoms with E-state index in [1.807, 2.05) is 24.3 Å². The van der Waals surface area contributed by atoms with Crippen molar-refractivity contribution in [3.05, 3.63) is 65.9 Å². The van der Waals surface area contributed by atoms with E-state index in [-0.39, 0.29) is 25.0 Å². The van der Waals surface area contributed by atoms with Gasteiger partial charge in [0.1, 0.15) is 17.8 Å². The highest BCUT2D eigenvalue weighted by Gasteiger charge is 2.29. The Hall–Kier alpha value is -4.38.